The molecule has 35 heavy (non-hydrogen) atoms. The molecule has 0 bridgehead atoms. The van der Waals surface area contributed by atoms with E-state index in [2.05, 4.69) is 10.2 Å². The average Bonchev–Trinajstić information content (AvgIpc) is 2.85. The molecule has 0 radical (unpaired) electrons. The number of halogens is 2. The van der Waals surface area contributed by atoms with Crippen LogP contribution < -0.4 is 10.1 Å². The molecule has 1 aliphatic rings. The number of hydroxylamine groups is 2. The number of benzene rings is 3. The molecule has 1 aliphatic heterocycles. The fourth-order valence-corrected chi connectivity index (χ4v) is 3.97. The van der Waals surface area contributed by atoms with Crippen molar-refractivity contribution < 1.29 is 23.5 Å². The van der Waals surface area contributed by atoms with Crippen molar-refractivity contribution in [3.8, 4) is 16.9 Å². The van der Waals surface area contributed by atoms with E-state index in [1.807, 2.05) is 0 Å². The number of rotatable bonds is 9. The zero-order valence-electron chi connectivity index (χ0n) is 19.4. The van der Waals surface area contributed by atoms with Crippen LogP contribution in [0.15, 0.2) is 66.7 Å². The van der Waals surface area contributed by atoms with Crippen molar-refractivity contribution in [1.82, 2.24) is 15.3 Å². The number of nitrogens with zero attached hydrogens (tertiary/aromatic N) is 2. The molecular weight excluding hydrogens is 452 g/mol. The van der Waals surface area contributed by atoms with Crippen molar-refractivity contribution in [2.75, 3.05) is 39.3 Å². The Balaban J connectivity index is 1.26. The largest absolute Gasteiger partial charge is 0.492 e. The maximum Gasteiger partial charge on any atom is 0.224 e. The highest BCUT2D eigenvalue weighted by atomic mass is 19.1. The summed E-state index contributed by atoms with van der Waals surface area (Å²) >= 11 is 0. The first-order valence-electron chi connectivity index (χ1n) is 11.7. The van der Waals surface area contributed by atoms with Gasteiger partial charge in [0.15, 0.2) is 0 Å². The summed E-state index contributed by atoms with van der Waals surface area (Å²) in [6, 6.07) is 18.1. The van der Waals surface area contributed by atoms with Gasteiger partial charge in [-0.2, -0.15) is 5.06 Å². The topological polar surface area (TPSA) is 65.0 Å². The molecular formula is C27H29F2N3O3. The van der Waals surface area contributed by atoms with E-state index in [9.17, 15) is 18.8 Å². The van der Waals surface area contributed by atoms with Crippen LogP contribution in [0.2, 0.25) is 0 Å². The van der Waals surface area contributed by atoms with Crippen molar-refractivity contribution in [3.05, 3.63) is 89.5 Å². The summed E-state index contributed by atoms with van der Waals surface area (Å²) in [4.78, 5) is 14.4. The number of hydrogen-bond acceptors (Lipinski definition) is 5. The molecule has 1 heterocycles. The number of hydrogen-bond donors (Lipinski definition) is 2. The second-order valence-corrected chi connectivity index (χ2v) is 8.57. The van der Waals surface area contributed by atoms with Crippen molar-refractivity contribution in [3.63, 3.8) is 0 Å². The van der Waals surface area contributed by atoms with Crippen LogP contribution in [-0.4, -0.2) is 60.4 Å². The van der Waals surface area contributed by atoms with Gasteiger partial charge in [0, 0.05) is 50.9 Å². The Morgan fingerprint density at radius 1 is 0.943 bits per heavy atom. The number of carbonyl (C=O) groups is 1. The molecule has 0 unspecified atom stereocenters. The molecule has 184 valence electrons. The van der Waals surface area contributed by atoms with Gasteiger partial charge in [0.2, 0.25) is 5.91 Å². The van der Waals surface area contributed by atoms with Crippen LogP contribution in [0.4, 0.5) is 8.78 Å². The van der Waals surface area contributed by atoms with E-state index in [1.54, 1.807) is 48.5 Å². The highest BCUT2D eigenvalue weighted by Gasteiger charge is 2.15. The summed E-state index contributed by atoms with van der Waals surface area (Å²) < 4.78 is 33.7. The third-order valence-corrected chi connectivity index (χ3v) is 5.97. The molecule has 3 aromatic carbocycles. The van der Waals surface area contributed by atoms with Crippen LogP contribution in [0, 0.1) is 11.6 Å². The van der Waals surface area contributed by atoms with Crippen LogP contribution in [0.25, 0.3) is 11.1 Å². The Hall–Kier alpha value is -3.33. The predicted octanol–water partition coefficient (Wildman–Crippen LogP) is 3.88. The van der Waals surface area contributed by atoms with Crippen LogP contribution in [-0.2, 0) is 17.8 Å². The van der Waals surface area contributed by atoms with Crippen molar-refractivity contribution >= 4 is 5.91 Å². The smallest absolute Gasteiger partial charge is 0.224 e. The minimum absolute atomic E-state index is 0.173. The van der Waals surface area contributed by atoms with Gasteiger partial charge in [-0.15, -0.1) is 0 Å². The molecule has 2 N–H and O–H groups in total. The summed E-state index contributed by atoms with van der Waals surface area (Å²) in [5, 5.41) is 13.5. The zero-order chi connectivity index (χ0) is 24.6. The van der Waals surface area contributed by atoms with E-state index in [4.69, 9.17) is 4.74 Å². The Bertz CT molecular complexity index is 1130. The molecule has 0 atom stereocenters. The monoisotopic (exact) mass is 481 g/mol. The van der Waals surface area contributed by atoms with Gasteiger partial charge in [0.25, 0.3) is 0 Å². The number of ether oxygens (including phenoxy) is 1. The van der Waals surface area contributed by atoms with Crippen molar-refractivity contribution in [1.29, 1.82) is 0 Å². The Labute approximate surface area is 203 Å². The van der Waals surface area contributed by atoms with E-state index >= 15 is 0 Å². The predicted molar refractivity (Wildman–Crippen MR) is 129 cm³/mol. The second-order valence-electron chi connectivity index (χ2n) is 8.57. The third kappa shape index (κ3) is 7.32. The fourth-order valence-electron chi connectivity index (χ4n) is 3.97. The third-order valence-electron chi connectivity index (χ3n) is 5.97. The van der Waals surface area contributed by atoms with Gasteiger partial charge >= 0.3 is 0 Å². The maximum atomic E-state index is 14.7. The molecule has 3 aromatic rings. The average molecular weight is 482 g/mol. The number of carbonyl (C=O) groups excluding carboxylic acids is 1. The van der Waals surface area contributed by atoms with E-state index in [1.165, 1.54) is 23.3 Å². The molecule has 6 nitrogen and oxygen atoms in total. The summed E-state index contributed by atoms with van der Waals surface area (Å²) in [7, 11) is 0. The molecule has 1 fully saturated rings. The van der Waals surface area contributed by atoms with E-state index < -0.39 is 0 Å². The molecule has 4 rings (SSSR count). The summed E-state index contributed by atoms with van der Waals surface area (Å²) in [6.07, 6.45) is 0.179. The second kappa shape index (κ2) is 11.9. The minimum atomic E-state index is -0.378. The molecule has 1 amide bonds. The standard InChI is InChI=1S/C27H29F2N3O3/c28-23-3-1-2-21(16-23)19-30-27(33)17-20-4-6-22(7-5-20)25-9-8-24(18-26(25)29)35-15-14-31-10-12-32(34)13-11-31/h1-9,16,18,34H,10-15,17,19H2,(H,30,33). The first kappa shape index (κ1) is 24.8. The van der Waals surface area contributed by atoms with Gasteiger partial charge in [-0.05, 0) is 41.0 Å². The van der Waals surface area contributed by atoms with Gasteiger partial charge in [0.05, 0.1) is 6.42 Å². The van der Waals surface area contributed by atoms with Crippen molar-refractivity contribution in [2.24, 2.45) is 0 Å². The van der Waals surface area contributed by atoms with Gasteiger partial charge in [-0.25, -0.2) is 8.78 Å². The van der Waals surface area contributed by atoms with Crippen molar-refractivity contribution in [2.45, 2.75) is 13.0 Å². The van der Waals surface area contributed by atoms with Gasteiger partial charge in [-0.1, -0.05) is 36.4 Å². The van der Waals surface area contributed by atoms with Gasteiger partial charge in [-0.3, -0.25) is 9.69 Å². The number of amides is 1. The first-order valence-corrected chi connectivity index (χ1v) is 11.7. The number of piperazine rings is 1. The van der Waals surface area contributed by atoms with E-state index in [-0.39, 0.29) is 30.5 Å². The zero-order valence-corrected chi connectivity index (χ0v) is 19.4. The lowest BCUT2D eigenvalue weighted by Crippen LogP contribution is -2.45. The Kier molecular flexibility index (Phi) is 8.41. The van der Waals surface area contributed by atoms with Crippen LogP contribution >= 0.6 is 0 Å². The summed E-state index contributed by atoms with van der Waals surface area (Å²) in [6.45, 7) is 4.20. The first-order chi connectivity index (χ1) is 17.0. The molecule has 0 spiro atoms. The Morgan fingerprint density at radius 3 is 2.43 bits per heavy atom. The maximum absolute atomic E-state index is 14.7. The van der Waals surface area contributed by atoms with Crippen LogP contribution in [0.1, 0.15) is 11.1 Å². The normalized spacial score (nSPS) is 14.6. The summed E-state index contributed by atoms with van der Waals surface area (Å²) in [5.41, 5.74) is 2.66. The Morgan fingerprint density at radius 2 is 1.71 bits per heavy atom. The highest BCUT2D eigenvalue weighted by Crippen LogP contribution is 2.26. The van der Waals surface area contributed by atoms with Crippen LogP contribution in [0.3, 0.4) is 0 Å². The van der Waals surface area contributed by atoms with Gasteiger partial charge < -0.3 is 15.3 Å². The lowest BCUT2D eigenvalue weighted by Gasteiger charge is -2.30. The van der Waals surface area contributed by atoms with E-state index in [0.29, 0.717) is 48.7 Å². The molecule has 0 aromatic heterocycles. The number of nitrogens with one attached hydrogen (secondary N) is 1. The lowest BCUT2D eigenvalue weighted by atomic mass is 10.0. The highest BCUT2D eigenvalue weighted by molar-refractivity contribution is 5.79. The quantitative estimate of drug-likeness (QED) is 0.486. The van der Waals surface area contributed by atoms with E-state index in [0.717, 1.165) is 18.7 Å². The molecule has 8 heteroatoms. The van der Waals surface area contributed by atoms with Gasteiger partial charge in [0.1, 0.15) is 24.0 Å². The van der Waals surface area contributed by atoms with Crippen LogP contribution in [0.5, 0.6) is 5.75 Å². The summed E-state index contributed by atoms with van der Waals surface area (Å²) in [5.74, 6) is -0.416. The molecule has 0 saturated carbocycles. The SMILES string of the molecule is O=C(Cc1ccc(-c2ccc(OCCN3CCN(O)CC3)cc2F)cc1)NCc1cccc(F)c1. The fraction of sp³-hybridized carbons (Fsp3) is 0.296. The molecule has 1 saturated heterocycles. The lowest BCUT2D eigenvalue weighted by molar-refractivity contribution is -0.120. The molecule has 0 aliphatic carbocycles. The minimum Gasteiger partial charge on any atom is -0.492 e.